The molecule has 9 heteroatoms. The first kappa shape index (κ1) is 20.4. The molecule has 156 valence electrons. The zero-order chi connectivity index (χ0) is 20.4. The summed E-state index contributed by atoms with van der Waals surface area (Å²) in [5.74, 6) is -0.142. The molecule has 1 N–H and O–H groups in total. The zero-order valence-electron chi connectivity index (χ0n) is 16.7. The fourth-order valence-electron chi connectivity index (χ4n) is 3.98. The molecular formula is C20H26N4O3S2. The second-order valence-corrected chi connectivity index (χ2v) is 9.54. The molecule has 0 aromatic carbocycles. The SMILES string of the molecule is CCCCCCn1c(SCC(=O)N2CCNC2=O)nc2sc3c(c2c1=O)CCC3. The van der Waals surface area contributed by atoms with Crippen LogP contribution in [0.4, 0.5) is 4.79 Å². The summed E-state index contributed by atoms with van der Waals surface area (Å²) in [6.07, 6.45) is 7.36. The topological polar surface area (TPSA) is 84.3 Å². The van der Waals surface area contributed by atoms with Crippen molar-refractivity contribution < 1.29 is 9.59 Å². The van der Waals surface area contributed by atoms with Crippen molar-refractivity contribution in [2.45, 2.75) is 63.6 Å². The van der Waals surface area contributed by atoms with Crippen LogP contribution in [0.2, 0.25) is 0 Å². The molecule has 1 fully saturated rings. The molecule has 0 saturated carbocycles. The fraction of sp³-hybridized carbons (Fsp3) is 0.600. The van der Waals surface area contributed by atoms with Gasteiger partial charge in [-0.2, -0.15) is 0 Å². The van der Waals surface area contributed by atoms with Crippen molar-refractivity contribution in [3.8, 4) is 0 Å². The summed E-state index contributed by atoms with van der Waals surface area (Å²) in [4.78, 5) is 45.6. The van der Waals surface area contributed by atoms with E-state index in [1.807, 2.05) is 0 Å². The van der Waals surface area contributed by atoms with Crippen LogP contribution in [0.15, 0.2) is 9.95 Å². The quantitative estimate of drug-likeness (QED) is 0.392. The van der Waals surface area contributed by atoms with E-state index >= 15 is 0 Å². The molecule has 3 amide bonds. The maximum absolute atomic E-state index is 13.3. The second-order valence-electron chi connectivity index (χ2n) is 7.52. The highest BCUT2D eigenvalue weighted by atomic mass is 32.2. The van der Waals surface area contributed by atoms with Gasteiger partial charge in [-0.1, -0.05) is 37.9 Å². The lowest BCUT2D eigenvalue weighted by Gasteiger charge is -2.14. The van der Waals surface area contributed by atoms with Gasteiger partial charge in [0.05, 0.1) is 11.1 Å². The number of thiophene rings is 1. The molecule has 2 aromatic rings. The maximum atomic E-state index is 13.3. The van der Waals surface area contributed by atoms with E-state index in [1.54, 1.807) is 15.9 Å². The number of unbranched alkanes of at least 4 members (excludes halogenated alkanes) is 3. The molecule has 1 saturated heterocycles. The lowest BCUT2D eigenvalue weighted by atomic mass is 10.2. The number of imide groups is 1. The summed E-state index contributed by atoms with van der Waals surface area (Å²) in [5.41, 5.74) is 1.21. The zero-order valence-corrected chi connectivity index (χ0v) is 18.3. The Morgan fingerprint density at radius 3 is 2.86 bits per heavy atom. The third-order valence-electron chi connectivity index (χ3n) is 5.51. The number of hydrogen-bond acceptors (Lipinski definition) is 6. The van der Waals surface area contributed by atoms with E-state index in [1.165, 1.54) is 27.1 Å². The molecule has 4 rings (SSSR count). The molecule has 2 aromatic heterocycles. The lowest BCUT2D eigenvalue weighted by molar-refractivity contribution is -0.124. The molecule has 0 atom stereocenters. The van der Waals surface area contributed by atoms with Crippen molar-refractivity contribution in [1.29, 1.82) is 0 Å². The highest BCUT2D eigenvalue weighted by Crippen LogP contribution is 2.35. The molecule has 2 aliphatic rings. The van der Waals surface area contributed by atoms with Crippen molar-refractivity contribution in [1.82, 2.24) is 19.8 Å². The summed E-state index contributed by atoms with van der Waals surface area (Å²) in [5, 5.41) is 4.02. The van der Waals surface area contributed by atoms with Crippen molar-refractivity contribution >= 4 is 45.3 Å². The number of aromatic nitrogens is 2. The van der Waals surface area contributed by atoms with Crippen LogP contribution in [0.3, 0.4) is 0 Å². The third-order valence-corrected chi connectivity index (χ3v) is 7.65. The van der Waals surface area contributed by atoms with Gasteiger partial charge in [0.15, 0.2) is 5.16 Å². The number of carbonyl (C=O) groups is 2. The third kappa shape index (κ3) is 4.07. The largest absolute Gasteiger partial charge is 0.336 e. The van der Waals surface area contributed by atoms with E-state index in [2.05, 4.69) is 12.2 Å². The summed E-state index contributed by atoms with van der Waals surface area (Å²) < 4.78 is 1.76. The monoisotopic (exact) mass is 434 g/mol. The second kappa shape index (κ2) is 8.87. The van der Waals surface area contributed by atoms with Crippen molar-refractivity contribution in [3.05, 3.63) is 20.8 Å². The molecular weight excluding hydrogens is 408 g/mol. The minimum atomic E-state index is -0.342. The smallest absolute Gasteiger partial charge is 0.324 e. The number of nitrogens with one attached hydrogen (secondary N) is 1. The van der Waals surface area contributed by atoms with E-state index in [0.717, 1.165) is 55.2 Å². The Balaban J connectivity index is 1.61. The average molecular weight is 435 g/mol. The van der Waals surface area contributed by atoms with E-state index in [4.69, 9.17) is 4.98 Å². The van der Waals surface area contributed by atoms with Gasteiger partial charge in [0.1, 0.15) is 4.83 Å². The van der Waals surface area contributed by atoms with E-state index in [0.29, 0.717) is 24.8 Å². The molecule has 3 heterocycles. The van der Waals surface area contributed by atoms with Crippen LogP contribution in [0.25, 0.3) is 10.2 Å². The number of nitrogens with zero attached hydrogens (tertiary/aromatic N) is 3. The minimum Gasteiger partial charge on any atom is -0.336 e. The maximum Gasteiger partial charge on any atom is 0.324 e. The van der Waals surface area contributed by atoms with Gasteiger partial charge in [0, 0.05) is 24.5 Å². The van der Waals surface area contributed by atoms with Gasteiger partial charge in [0.2, 0.25) is 5.91 Å². The van der Waals surface area contributed by atoms with E-state index in [-0.39, 0.29) is 23.3 Å². The van der Waals surface area contributed by atoms with Gasteiger partial charge in [-0.3, -0.25) is 19.1 Å². The van der Waals surface area contributed by atoms with Gasteiger partial charge >= 0.3 is 6.03 Å². The lowest BCUT2D eigenvalue weighted by Crippen LogP contribution is -2.35. The number of thioether (sulfide) groups is 1. The molecule has 0 spiro atoms. The van der Waals surface area contributed by atoms with Crippen LogP contribution < -0.4 is 10.9 Å². The highest BCUT2D eigenvalue weighted by Gasteiger charge is 2.27. The average Bonchev–Trinajstić information content (AvgIpc) is 3.40. The fourth-order valence-corrected chi connectivity index (χ4v) is 6.18. The summed E-state index contributed by atoms with van der Waals surface area (Å²) in [6, 6.07) is -0.342. The molecule has 0 radical (unpaired) electrons. The van der Waals surface area contributed by atoms with Crippen molar-refractivity contribution in [2.24, 2.45) is 0 Å². The number of carbonyl (C=O) groups excluding carboxylic acids is 2. The first-order valence-electron chi connectivity index (χ1n) is 10.4. The van der Waals surface area contributed by atoms with Gasteiger partial charge in [-0.25, -0.2) is 9.78 Å². The van der Waals surface area contributed by atoms with Crippen molar-refractivity contribution in [2.75, 3.05) is 18.8 Å². The molecule has 1 aliphatic carbocycles. The summed E-state index contributed by atoms with van der Waals surface area (Å²) in [6.45, 7) is 3.66. The van der Waals surface area contributed by atoms with Gasteiger partial charge in [-0.05, 0) is 31.2 Å². The minimum absolute atomic E-state index is 0.0276. The van der Waals surface area contributed by atoms with Crippen LogP contribution in [-0.2, 0) is 24.2 Å². The van der Waals surface area contributed by atoms with Crippen LogP contribution in [-0.4, -0.2) is 45.2 Å². The van der Waals surface area contributed by atoms with Crippen LogP contribution in [0.1, 0.15) is 49.5 Å². The van der Waals surface area contributed by atoms with Crippen LogP contribution >= 0.6 is 23.1 Å². The Hall–Kier alpha value is -1.87. The number of amides is 3. The molecule has 0 bridgehead atoms. The number of rotatable bonds is 8. The standard InChI is InChI=1S/C20H26N4O3S2/c1-2-3-4-5-10-24-18(26)16-13-7-6-8-14(13)29-17(16)22-20(24)28-12-15(25)23-11-9-21-19(23)27/h2-12H2,1H3,(H,21,27). The first-order valence-corrected chi connectivity index (χ1v) is 12.2. The Morgan fingerprint density at radius 2 is 2.10 bits per heavy atom. The normalized spacial score (nSPS) is 15.9. The number of urea groups is 1. The van der Waals surface area contributed by atoms with Crippen LogP contribution in [0, 0.1) is 0 Å². The Kier molecular flexibility index (Phi) is 6.24. The van der Waals surface area contributed by atoms with E-state index in [9.17, 15) is 14.4 Å². The van der Waals surface area contributed by atoms with Gasteiger partial charge in [0.25, 0.3) is 5.56 Å². The van der Waals surface area contributed by atoms with Crippen LogP contribution in [0.5, 0.6) is 0 Å². The summed E-state index contributed by atoms with van der Waals surface area (Å²) in [7, 11) is 0. The molecule has 1 aliphatic heterocycles. The Labute approximate surface area is 177 Å². The van der Waals surface area contributed by atoms with Crippen molar-refractivity contribution in [3.63, 3.8) is 0 Å². The predicted octanol–water partition coefficient (Wildman–Crippen LogP) is 3.17. The molecule has 0 unspecified atom stereocenters. The molecule has 29 heavy (non-hydrogen) atoms. The predicted molar refractivity (Wildman–Crippen MR) is 116 cm³/mol. The Morgan fingerprint density at radius 1 is 1.24 bits per heavy atom. The van der Waals surface area contributed by atoms with Gasteiger partial charge in [-0.15, -0.1) is 11.3 Å². The first-order chi connectivity index (χ1) is 14.1. The summed E-state index contributed by atoms with van der Waals surface area (Å²) >= 11 is 2.88. The highest BCUT2D eigenvalue weighted by molar-refractivity contribution is 7.99. The number of aryl methyl sites for hydroxylation is 2. The number of fused-ring (bicyclic) bond motifs is 3. The van der Waals surface area contributed by atoms with Gasteiger partial charge < -0.3 is 5.32 Å². The molecule has 7 nitrogen and oxygen atoms in total. The number of hydrogen-bond donors (Lipinski definition) is 1. The Bertz CT molecular complexity index is 998. The van der Waals surface area contributed by atoms with E-state index < -0.39 is 0 Å².